The lowest BCUT2D eigenvalue weighted by Gasteiger charge is -2.30. The third-order valence-corrected chi connectivity index (χ3v) is 3.00. The van der Waals surface area contributed by atoms with E-state index in [-0.39, 0.29) is 0 Å². The van der Waals surface area contributed by atoms with Crippen molar-refractivity contribution in [2.75, 3.05) is 33.7 Å². The molecule has 1 N–H and O–H groups in total. The van der Waals surface area contributed by atoms with Crippen LogP contribution in [0.15, 0.2) is 24.3 Å². The summed E-state index contributed by atoms with van der Waals surface area (Å²) in [6.07, 6.45) is 0. The van der Waals surface area contributed by atoms with Crippen LogP contribution in [0.1, 0.15) is 25.0 Å². The average Bonchev–Trinajstić information content (AvgIpc) is 2.27. The maximum absolute atomic E-state index is 10.0. The Labute approximate surface area is 117 Å². The normalized spacial score (nSPS) is 12.4. The molecule has 0 saturated carbocycles. The molecule has 0 aliphatic rings. The highest BCUT2D eigenvalue weighted by molar-refractivity contribution is 5.21. The Bertz CT molecular complexity index is 365. The first-order chi connectivity index (χ1) is 8.76. The van der Waals surface area contributed by atoms with E-state index in [1.807, 2.05) is 13.8 Å². The van der Waals surface area contributed by atoms with Crippen molar-refractivity contribution in [3.05, 3.63) is 35.4 Å². The first kappa shape index (κ1) is 16.2. The Morgan fingerprint density at radius 2 is 1.63 bits per heavy atom. The van der Waals surface area contributed by atoms with Crippen LogP contribution < -0.4 is 0 Å². The zero-order chi connectivity index (χ0) is 14.5. The van der Waals surface area contributed by atoms with E-state index in [9.17, 15) is 5.11 Å². The molecule has 0 heterocycles. The second-order valence-electron chi connectivity index (χ2n) is 6.31. The molecule has 3 nitrogen and oxygen atoms in total. The van der Waals surface area contributed by atoms with Gasteiger partial charge >= 0.3 is 0 Å². The molecule has 0 aliphatic heterocycles. The summed E-state index contributed by atoms with van der Waals surface area (Å²) in [6, 6.07) is 8.62. The van der Waals surface area contributed by atoms with Gasteiger partial charge in [-0.1, -0.05) is 29.8 Å². The van der Waals surface area contributed by atoms with E-state index in [2.05, 4.69) is 55.1 Å². The molecular weight excluding hydrogens is 236 g/mol. The quantitative estimate of drug-likeness (QED) is 0.817. The highest BCUT2D eigenvalue weighted by Crippen LogP contribution is 2.11. The minimum Gasteiger partial charge on any atom is -0.389 e. The average molecular weight is 264 g/mol. The van der Waals surface area contributed by atoms with Crippen LogP contribution in [0.2, 0.25) is 0 Å². The summed E-state index contributed by atoms with van der Waals surface area (Å²) >= 11 is 0. The topological polar surface area (TPSA) is 26.7 Å². The van der Waals surface area contributed by atoms with Gasteiger partial charge in [0, 0.05) is 26.2 Å². The maximum Gasteiger partial charge on any atom is 0.0718 e. The van der Waals surface area contributed by atoms with Gasteiger partial charge in [0.05, 0.1) is 5.60 Å². The van der Waals surface area contributed by atoms with Gasteiger partial charge in [-0.25, -0.2) is 0 Å². The molecule has 0 amide bonds. The van der Waals surface area contributed by atoms with Gasteiger partial charge in [-0.3, -0.25) is 4.90 Å². The standard InChI is InChI=1S/C16H28N2O/c1-14-6-8-15(9-7-14)12-18(11-10-17(4)5)13-16(2,3)19/h6-9,19H,10-13H2,1-5H3. The lowest BCUT2D eigenvalue weighted by Crippen LogP contribution is -2.41. The van der Waals surface area contributed by atoms with Crippen LogP contribution in [0, 0.1) is 6.92 Å². The fraction of sp³-hybridized carbons (Fsp3) is 0.625. The number of rotatable bonds is 7. The molecule has 0 saturated heterocycles. The van der Waals surface area contributed by atoms with Crippen LogP contribution in [0.5, 0.6) is 0 Å². The van der Waals surface area contributed by atoms with E-state index in [1.54, 1.807) is 0 Å². The van der Waals surface area contributed by atoms with E-state index < -0.39 is 5.60 Å². The van der Waals surface area contributed by atoms with Gasteiger partial charge in [0.1, 0.15) is 0 Å². The van der Waals surface area contributed by atoms with Crippen molar-refractivity contribution in [2.24, 2.45) is 0 Å². The van der Waals surface area contributed by atoms with Crippen LogP contribution in [-0.2, 0) is 6.54 Å². The number of benzene rings is 1. The Hall–Kier alpha value is -0.900. The number of likely N-dealkylation sites (N-methyl/N-ethyl adjacent to an activating group) is 1. The summed E-state index contributed by atoms with van der Waals surface area (Å²) < 4.78 is 0. The summed E-state index contributed by atoms with van der Waals surface area (Å²) in [7, 11) is 4.16. The van der Waals surface area contributed by atoms with Gasteiger partial charge in [-0.2, -0.15) is 0 Å². The van der Waals surface area contributed by atoms with E-state index in [0.717, 1.165) is 19.6 Å². The molecule has 1 rings (SSSR count). The van der Waals surface area contributed by atoms with Crippen molar-refractivity contribution in [3.63, 3.8) is 0 Å². The molecule has 0 aromatic heterocycles. The van der Waals surface area contributed by atoms with Crippen LogP contribution in [0.25, 0.3) is 0 Å². The highest BCUT2D eigenvalue weighted by Gasteiger charge is 2.18. The van der Waals surface area contributed by atoms with E-state index in [4.69, 9.17) is 0 Å². The lowest BCUT2D eigenvalue weighted by molar-refractivity contribution is 0.0316. The third-order valence-electron chi connectivity index (χ3n) is 3.00. The first-order valence-corrected chi connectivity index (χ1v) is 6.91. The summed E-state index contributed by atoms with van der Waals surface area (Å²) in [5.41, 5.74) is 1.93. The number of aryl methyl sites for hydroxylation is 1. The van der Waals surface area contributed by atoms with Crippen molar-refractivity contribution in [3.8, 4) is 0 Å². The Balaban J connectivity index is 2.64. The molecule has 0 unspecified atom stereocenters. The van der Waals surface area contributed by atoms with E-state index >= 15 is 0 Å². The Morgan fingerprint density at radius 1 is 1.05 bits per heavy atom. The molecule has 1 aromatic rings. The number of nitrogens with zero attached hydrogens (tertiary/aromatic N) is 2. The minimum absolute atomic E-state index is 0.656. The predicted octanol–water partition coefficient (Wildman–Crippen LogP) is 2.13. The van der Waals surface area contributed by atoms with Crippen LogP contribution >= 0.6 is 0 Å². The van der Waals surface area contributed by atoms with Crippen molar-refractivity contribution in [1.82, 2.24) is 9.80 Å². The SMILES string of the molecule is Cc1ccc(CN(CCN(C)C)CC(C)(C)O)cc1. The van der Waals surface area contributed by atoms with Crippen molar-refractivity contribution < 1.29 is 5.11 Å². The third kappa shape index (κ3) is 7.31. The second kappa shape index (κ2) is 7.04. The van der Waals surface area contributed by atoms with E-state index in [1.165, 1.54) is 11.1 Å². The molecule has 3 heteroatoms. The van der Waals surface area contributed by atoms with Gasteiger partial charge in [0.15, 0.2) is 0 Å². The van der Waals surface area contributed by atoms with Crippen molar-refractivity contribution in [1.29, 1.82) is 0 Å². The summed E-state index contributed by atoms with van der Waals surface area (Å²) in [4.78, 5) is 4.48. The number of hydrogen-bond acceptors (Lipinski definition) is 3. The Morgan fingerprint density at radius 3 is 2.11 bits per heavy atom. The van der Waals surface area contributed by atoms with Crippen LogP contribution in [0.3, 0.4) is 0 Å². The molecule has 0 radical (unpaired) electrons. The maximum atomic E-state index is 10.0. The second-order valence-corrected chi connectivity index (χ2v) is 6.31. The van der Waals surface area contributed by atoms with Crippen LogP contribution in [-0.4, -0.2) is 54.2 Å². The number of hydrogen-bond donors (Lipinski definition) is 1. The molecule has 0 atom stereocenters. The molecule has 0 bridgehead atoms. The molecule has 19 heavy (non-hydrogen) atoms. The van der Waals surface area contributed by atoms with Gasteiger partial charge < -0.3 is 10.0 Å². The summed E-state index contributed by atoms with van der Waals surface area (Å²) in [5.74, 6) is 0. The van der Waals surface area contributed by atoms with Gasteiger partial charge in [-0.15, -0.1) is 0 Å². The molecule has 0 fully saturated rings. The van der Waals surface area contributed by atoms with Crippen LogP contribution in [0.4, 0.5) is 0 Å². The summed E-state index contributed by atoms with van der Waals surface area (Å²) in [5, 5.41) is 10.0. The summed E-state index contributed by atoms with van der Waals surface area (Å²) in [6.45, 7) is 9.37. The van der Waals surface area contributed by atoms with Gasteiger partial charge in [-0.05, 0) is 40.4 Å². The van der Waals surface area contributed by atoms with Crippen molar-refractivity contribution >= 4 is 0 Å². The molecule has 0 aliphatic carbocycles. The predicted molar refractivity (Wildman–Crippen MR) is 81.3 cm³/mol. The van der Waals surface area contributed by atoms with Gasteiger partial charge in [0.2, 0.25) is 0 Å². The molecule has 0 spiro atoms. The zero-order valence-corrected chi connectivity index (χ0v) is 13.0. The molecule has 108 valence electrons. The Kier molecular flexibility index (Phi) is 5.98. The fourth-order valence-corrected chi connectivity index (χ4v) is 2.05. The fourth-order valence-electron chi connectivity index (χ4n) is 2.05. The number of aliphatic hydroxyl groups is 1. The van der Waals surface area contributed by atoms with Crippen molar-refractivity contribution in [2.45, 2.75) is 32.9 Å². The minimum atomic E-state index is -0.656. The molecular formula is C16H28N2O. The highest BCUT2D eigenvalue weighted by atomic mass is 16.3. The smallest absolute Gasteiger partial charge is 0.0718 e. The largest absolute Gasteiger partial charge is 0.389 e. The van der Waals surface area contributed by atoms with Gasteiger partial charge in [0.25, 0.3) is 0 Å². The van der Waals surface area contributed by atoms with E-state index in [0.29, 0.717) is 6.54 Å². The lowest BCUT2D eigenvalue weighted by atomic mass is 10.1. The zero-order valence-electron chi connectivity index (χ0n) is 13.0. The molecule has 1 aromatic carbocycles. The monoisotopic (exact) mass is 264 g/mol. The first-order valence-electron chi connectivity index (χ1n) is 6.91.